The third-order valence-corrected chi connectivity index (χ3v) is 7.16. The molecule has 0 spiro atoms. The summed E-state index contributed by atoms with van der Waals surface area (Å²) < 4.78 is 28.0. The molecule has 1 aromatic rings. The van der Waals surface area contributed by atoms with E-state index in [1.54, 1.807) is 6.07 Å². The number of carboxylic acids is 1. The van der Waals surface area contributed by atoms with Gasteiger partial charge in [0, 0.05) is 0 Å². The Morgan fingerprint density at radius 3 is 2.30 bits per heavy atom. The van der Waals surface area contributed by atoms with Crippen LogP contribution in [0.15, 0.2) is 20.1 Å². The molecule has 2 rings (SSSR count). The molecule has 1 saturated carbocycles. The summed E-state index contributed by atoms with van der Waals surface area (Å²) in [5.74, 6) is -1.08. The summed E-state index contributed by atoms with van der Waals surface area (Å²) in [6, 6.07) is 3.11. The highest BCUT2D eigenvalue weighted by atomic mass is 79.9. The molecule has 1 aromatic heterocycles. The Morgan fingerprint density at radius 1 is 1.25 bits per heavy atom. The number of hydrogen-bond donors (Lipinski definition) is 2. The maximum Gasteiger partial charge on any atom is 0.324 e. The van der Waals surface area contributed by atoms with Crippen LogP contribution >= 0.6 is 27.3 Å². The van der Waals surface area contributed by atoms with E-state index in [1.807, 2.05) is 0 Å². The van der Waals surface area contributed by atoms with Gasteiger partial charge in [-0.2, -0.15) is 4.72 Å². The van der Waals surface area contributed by atoms with Crippen molar-refractivity contribution in [1.29, 1.82) is 0 Å². The van der Waals surface area contributed by atoms with Crippen molar-refractivity contribution in [1.82, 2.24) is 4.72 Å². The zero-order valence-corrected chi connectivity index (χ0v) is 14.0. The molecule has 8 heteroatoms. The van der Waals surface area contributed by atoms with Gasteiger partial charge in [-0.05, 0) is 40.9 Å². The van der Waals surface area contributed by atoms with Crippen molar-refractivity contribution < 1.29 is 18.3 Å². The summed E-state index contributed by atoms with van der Waals surface area (Å²) in [7, 11) is -3.80. The fourth-order valence-corrected chi connectivity index (χ4v) is 5.87. The molecule has 0 saturated heterocycles. The first-order valence-electron chi connectivity index (χ1n) is 6.38. The number of hydrogen-bond acceptors (Lipinski definition) is 4. The predicted molar refractivity (Wildman–Crippen MR) is 80.4 cm³/mol. The molecule has 112 valence electrons. The maximum atomic E-state index is 12.4. The Hall–Kier alpha value is -0.440. The van der Waals surface area contributed by atoms with E-state index in [0.29, 0.717) is 16.6 Å². The first kappa shape index (κ1) is 15.9. The second kappa shape index (κ2) is 6.13. The van der Waals surface area contributed by atoms with Crippen LogP contribution in [-0.2, 0) is 14.8 Å². The van der Waals surface area contributed by atoms with E-state index in [9.17, 15) is 18.3 Å². The van der Waals surface area contributed by atoms with Gasteiger partial charge in [-0.25, -0.2) is 8.42 Å². The third kappa shape index (κ3) is 3.41. The van der Waals surface area contributed by atoms with Crippen LogP contribution in [0.4, 0.5) is 0 Å². The van der Waals surface area contributed by atoms with Crippen LogP contribution < -0.4 is 4.72 Å². The Kier molecular flexibility index (Phi) is 4.88. The van der Waals surface area contributed by atoms with Crippen LogP contribution in [0.1, 0.15) is 38.5 Å². The lowest BCUT2D eigenvalue weighted by Crippen LogP contribution is -2.53. The molecule has 1 heterocycles. The minimum atomic E-state index is -3.80. The van der Waals surface area contributed by atoms with Gasteiger partial charge in [-0.3, -0.25) is 4.79 Å². The quantitative estimate of drug-likeness (QED) is 0.785. The SMILES string of the molecule is O=C(O)C1(NS(=O)(=O)c2ccc(Br)s2)CCCCCC1. The molecular weight excluding hydrogens is 366 g/mol. The molecule has 0 aliphatic heterocycles. The van der Waals surface area contributed by atoms with Crippen LogP contribution in [-0.4, -0.2) is 25.0 Å². The molecule has 0 atom stereocenters. The smallest absolute Gasteiger partial charge is 0.324 e. The van der Waals surface area contributed by atoms with Crippen LogP contribution in [0.2, 0.25) is 0 Å². The van der Waals surface area contributed by atoms with Gasteiger partial charge in [-0.1, -0.05) is 25.7 Å². The van der Waals surface area contributed by atoms with Gasteiger partial charge >= 0.3 is 5.97 Å². The van der Waals surface area contributed by atoms with E-state index in [-0.39, 0.29) is 4.21 Å². The minimum Gasteiger partial charge on any atom is -0.480 e. The van der Waals surface area contributed by atoms with Crippen LogP contribution in [0, 0.1) is 0 Å². The molecule has 5 nitrogen and oxygen atoms in total. The lowest BCUT2D eigenvalue weighted by atomic mass is 9.92. The number of carboxylic acid groups (broad SMARTS) is 1. The topological polar surface area (TPSA) is 83.5 Å². The normalized spacial score (nSPS) is 19.4. The highest BCUT2D eigenvalue weighted by Crippen LogP contribution is 2.31. The van der Waals surface area contributed by atoms with E-state index in [2.05, 4.69) is 20.7 Å². The van der Waals surface area contributed by atoms with E-state index >= 15 is 0 Å². The summed E-state index contributed by atoms with van der Waals surface area (Å²) >= 11 is 4.29. The molecule has 1 fully saturated rings. The van der Waals surface area contributed by atoms with Gasteiger partial charge in [0.05, 0.1) is 3.79 Å². The molecule has 0 bridgehead atoms. The number of carbonyl (C=O) groups is 1. The van der Waals surface area contributed by atoms with Crippen molar-refractivity contribution in [2.75, 3.05) is 0 Å². The summed E-state index contributed by atoms with van der Waals surface area (Å²) in [4.78, 5) is 11.6. The molecule has 0 unspecified atom stereocenters. The molecule has 1 aliphatic rings. The molecule has 1 aliphatic carbocycles. The van der Waals surface area contributed by atoms with E-state index < -0.39 is 21.5 Å². The average molecular weight is 382 g/mol. The average Bonchev–Trinajstić information content (AvgIpc) is 2.67. The highest BCUT2D eigenvalue weighted by molar-refractivity contribution is 9.11. The monoisotopic (exact) mass is 381 g/mol. The van der Waals surface area contributed by atoms with Gasteiger partial charge in [0.25, 0.3) is 10.0 Å². The second-order valence-corrected chi connectivity index (χ2v) is 9.34. The van der Waals surface area contributed by atoms with Gasteiger partial charge in [-0.15, -0.1) is 11.3 Å². The van der Waals surface area contributed by atoms with Gasteiger partial charge in [0.1, 0.15) is 9.75 Å². The largest absolute Gasteiger partial charge is 0.480 e. The van der Waals surface area contributed by atoms with E-state index in [4.69, 9.17) is 0 Å². The molecule has 0 amide bonds. The van der Waals surface area contributed by atoms with Crippen molar-refractivity contribution in [2.24, 2.45) is 0 Å². The summed E-state index contributed by atoms with van der Waals surface area (Å²) in [6.07, 6.45) is 4.02. The maximum absolute atomic E-state index is 12.4. The van der Waals surface area contributed by atoms with Crippen molar-refractivity contribution in [2.45, 2.75) is 48.3 Å². The number of thiophene rings is 1. The van der Waals surface area contributed by atoms with Gasteiger partial charge in [0.2, 0.25) is 0 Å². The molecule has 0 radical (unpaired) electrons. The lowest BCUT2D eigenvalue weighted by Gasteiger charge is -2.28. The minimum absolute atomic E-state index is 0.134. The Labute approximate surface area is 130 Å². The van der Waals surface area contributed by atoms with E-state index in [1.165, 1.54) is 6.07 Å². The van der Waals surface area contributed by atoms with Gasteiger partial charge < -0.3 is 5.11 Å². The van der Waals surface area contributed by atoms with Crippen LogP contribution in [0.5, 0.6) is 0 Å². The highest BCUT2D eigenvalue weighted by Gasteiger charge is 2.42. The van der Waals surface area contributed by atoms with Crippen LogP contribution in [0.3, 0.4) is 0 Å². The third-order valence-electron chi connectivity index (χ3n) is 3.51. The number of halogens is 1. The van der Waals surface area contributed by atoms with Crippen molar-refractivity contribution in [3.63, 3.8) is 0 Å². The fourth-order valence-electron chi connectivity index (χ4n) is 2.44. The summed E-state index contributed by atoms with van der Waals surface area (Å²) in [6.45, 7) is 0. The van der Waals surface area contributed by atoms with Crippen LogP contribution in [0.25, 0.3) is 0 Å². The zero-order valence-electron chi connectivity index (χ0n) is 10.8. The first-order chi connectivity index (χ1) is 9.36. The Balaban J connectivity index is 2.30. The zero-order chi connectivity index (χ0) is 14.8. The number of nitrogens with one attached hydrogen (secondary N) is 1. The van der Waals surface area contributed by atoms with Gasteiger partial charge in [0.15, 0.2) is 0 Å². The number of aliphatic carboxylic acids is 1. The van der Waals surface area contributed by atoms with Crippen molar-refractivity contribution in [3.8, 4) is 0 Å². The first-order valence-corrected chi connectivity index (χ1v) is 9.48. The summed E-state index contributed by atoms with van der Waals surface area (Å²) in [5, 5.41) is 9.50. The molecule has 2 N–H and O–H groups in total. The standard InChI is InChI=1S/C12H16BrNO4S2/c13-9-5-6-10(19-9)20(17,18)14-12(11(15)16)7-3-1-2-4-8-12/h5-6,14H,1-4,7-8H2,(H,15,16). The molecule has 20 heavy (non-hydrogen) atoms. The Morgan fingerprint density at radius 2 is 1.85 bits per heavy atom. The number of sulfonamides is 1. The molecular formula is C12H16BrNO4S2. The Bertz CT molecular complexity index is 588. The second-order valence-electron chi connectivity index (χ2n) is 4.97. The number of rotatable bonds is 4. The van der Waals surface area contributed by atoms with Crippen molar-refractivity contribution in [3.05, 3.63) is 15.9 Å². The predicted octanol–water partition coefficient (Wildman–Crippen LogP) is 2.97. The lowest BCUT2D eigenvalue weighted by molar-refractivity contribution is -0.144. The van der Waals surface area contributed by atoms with E-state index in [0.717, 1.165) is 37.0 Å². The summed E-state index contributed by atoms with van der Waals surface area (Å²) in [5.41, 5.74) is -1.37. The fraction of sp³-hybridized carbons (Fsp3) is 0.583. The molecule has 0 aromatic carbocycles. The van der Waals surface area contributed by atoms with Crippen molar-refractivity contribution >= 4 is 43.3 Å².